The molecule has 31 heavy (non-hydrogen) atoms. The molecule has 0 spiro atoms. The van der Waals surface area contributed by atoms with E-state index in [1.807, 2.05) is 114 Å². The summed E-state index contributed by atoms with van der Waals surface area (Å²) in [5.74, 6) is -0.0496. The number of rotatable bonds is 4. The Bertz CT molecular complexity index is 1340. The van der Waals surface area contributed by atoms with Gasteiger partial charge in [-0.2, -0.15) is 0 Å². The molecule has 0 aromatic heterocycles. The minimum Gasteiger partial charge on any atom is -0.276 e. The fourth-order valence-electron chi connectivity index (χ4n) is 4.01. The molecule has 0 saturated heterocycles. The molecule has 0 aliphatic heterocycles. The van der Waals surface area contributed by atoms with Gasteiger partial charge in [-0.25, -0.2) is 0 Å². The summed E-state index contributed by atoms with van der Waals surface area (Å²) in [6.07, 6.45) is 0. The Hall–Kier alpha value is -4.17. The van der Waals surface area contributed by atoms with Crippen molar-refractivity contribution in [1.82, 2.24) is 0 Å². The summed E-state index contributed by atoms with van der Waals surface area (Å²) in [6.45, 7) is 0. The van der Waals surface area contributed by atoms with Crippen LogP contribution in [-0.4, -0.2) is 5.91 Å². The molecule has 0 bridgehead atoms. The van der Waals surface area contributed by atoms with Gasteiger partial charge in [0.05, 0.1) is 5.69 Å². The van der Waals surface area contributed by atoms with Gasteiger partial charge < -0.3 is 0 Å². The molecule has 0 aliphatic carbocycles. The van der Waals surface area contributed by atoms with E-state index in [1.165, 1.54) is 0 Å². The van der Waals surface area contributed by atoms with Crippen molar-refractivity contribution < 1.29 is 4.79 Å². The third kappa shape index (κ3) is 3.60. The van der Waals surface area contributed by atoms with Crippen LogP contribution < -0.4 is 4.90 Å². The van der Waals surface area contributed by atoms with Crippen molar-refractivity contribution in [2.75, 3.05) is 4.90 Å². The summed E-state index contributed by atoms with van der Waals surface area (Å²) in [5, 5.41) is 2.01. The van der Waals surface area contributed by atoms with Crippen molar-refractivity contribution in [3.63, 3.8) is 0 Å². The lowest BCUT2D eigenvalue weighted by Gasteiger charge is -2.26. The van der Waals surface area contributed by atoms with E-state index < -0.39 is 0 Å². The first-order chi connectivity index (χ1) is 15.3. The maximum Gasteiger partial charge on any atom is 0.263 e. The normalized spacial score (nSPS) is 10.7. The van der Waals surface area contributed by atoms with Crippen LogP contribution >= 0.6 is 0 Å². The number of hydrogen-bond acceptors (Lipinski definition) is 1. The summed E-state index contributed by atoms with van der Waals surface area (Å²) in [6, 6.07) is 42.0. The van der Waals surface area contributed by atoms with Gasteiger partial charge in [-0.1, -0.05) is 103 Å². The Kier molecular flexibility index (Phi) is 5.04. The van der Waals surface area contributed by atoms with Crippen LogP contribution in [0.25, 0.3) is 21.9 Å². The zero-order valence-corrected chi connectivity index (χ0v) is 17.0. The first-order valence-electron chi connectivity index (χ1n) is 10.3. The third-order valence-electron chi connectivity index (χ3n) is 5.47. The van der Waals surface area contributed by atoms with Gasteiger partial charge in [0.1, 0.15) is 0 Å². The number of hydrogen-bond donors (Lipinski definition) is 0. The molecule has 0 radical (unpaired) electrons. The van der Waals surface area contributed by atoms with Crippen LogP contribution in [0.3, 0.4) is 0 Å². The highest BCUT2D eigenvalue weighted by atomic mass is 16.2. The average molecular weight is 399 g/mol. The molecule has 0 atom stereocenters. The molecule has 1 amide bonds. The second kappa shape index (κ2) is 8.29. The SMILES string of the molecule is O=C(c1cccc2ccccc12)N(c1ccccc1)c1ccccc1-c1ccccc1. The second-order valence-corrected chi connectivity index (χ2v) is 7.39. The van der Waals surface area contributed by atoms with E-state index in [2.05, 4.69) is 18.2 Å². The van der Waals surface area contributed by atoms with Crippen LogP contribution in [0.4, 0.5) is 11.4 Å². The molecule has 0 unspecified atom stereocenters. The van der Waals surface area contributed by atoms with Gasteiger partial charge in [-0.3, -0.25) is 9.69 Å². The molecule has 148 valence electrons. The minimum absolute atomic E-state index is 0.0496. The quantitative estimate of drug-likeness (QED) is 0.307. The molecule has 5 aromatic carbocycles. The minimum atomic E-state index is -0.0496. The van der Waals surface area contributed by atoms with Crippen molar-refractivity contribution in [2.45, 2.75) is 0 Å². The smallest absolute Gasteiger partial charge is 0.263 e. The van der Waals surface area contributed by atoms with Gasteiger partial charge in [0.25, 0.3) is 5.91 Å². The van der Waals surface area contributed by atoms with Crippen molar-refractivity contribution in [3.05, 3.63) is 133 Å². The van der Waals surface area contributed by atoms with Crippen molar-refractivity contribution >= 4 is 28.1 Å². The van der Waals surface area contributed by atoms with E-state index in [1.54, 1.807) is 0 Å². The highest BCUT2D eigenvalue weighted by molar-refractivity contribution is 6.18. The van der Waals surface area contributed by atoms with Gasteiger partial charge in [-0.05, 0) is 40.6 Å². The van der Waals surface area contributed by atoms with Crippen molar-refractivity contribution in [3.8, 4) is 11.1 Å². The van der Waals surface area contributed by atoms with E-state index in [0.29, 0.717) is 5.56 Å². The highest BCUT2D eigenvalue weighted by Crippen LogP contribution is 2.37. The molecule has 0 N–H and O–H groups in total. The summed E-state index contributed by atoms with van der Waals surface area (Å²) in [4.78, 5) is 15.9. The van der Waals surface area contributed by atoms with Gasteiger partial charge in [-0.15, -0.1) is 0 Å². The van der Waals surface area contributed by atoms with Crippen LogP contribution in [0.2, 0.25) is 0 Å². The Morgan fingerprint density at radius 1 is 0.548 bits per heavy atom. The molecule has 0 saturated carbocycles. The number of nitrogens with zero attached hydrogens (tertiary/aromatic N) is 1. The van der Waals surface area contributed by atoms with E-state index >= 15 is 0 Å². The number of fused-ring (bicyclic) bond motifs is 1. The number of benzene rings is 5. The van der Waals surface area contributed by atoms with Gasteiger partial charge >= 0.3 is 0 Å². The molecule has 0 aliphatic rings. The molecule has 0 fully saturated rings. The van der Waals surface area contributed by atoms with Crippen LogP contribution in [0.15, 0.2) is 127 Å². The van der Waals surface area contributed by atoms with Crippen LogP contribution in [-0.2, 0) is 0 Å². The first kappa shape index (κ1) is 18.8. The molecule has 5 aromatic rings. The van der Waals surface area contributed by atoms with Gasteiger partial charge in [0.2, 0.25) is 0 Å². The maximum atomic E-state index is 14.1. The highest BCUT2D eigenvalue weighted by Gasteiger charge is 2.23. The van der Waals surface area contributed by atoms with E-state index in [-0.39, 0.29) is 5.91 Å². The number of para-hydroxylation sites is 2. The maximum absolute atomic E-state index is 14.1. The number of carbonyl (C=O) groups excluding carboxylic acids is 1. The van der Waals surface area contributed by atoms with Crippen LogP contribution in [0.5, 0.6) is 0 Å². The fourth-order valence-corrected chi connectivity index (χ4v) is 4.01. The number of carbonyl (C=O) groups is 1. The summed E-state index contributed by atoms with van der Waals surface area (Å²) in [5.41, 5.74) is 4.47. The lowest BCUT2D eigenvalue weighted by Crippen LogP contribution is -2.26. The number of anilines is 2. The Balaban J connectivity index is 1.73. The Labute approximate surface area is 182 Å². The molecular weight excluding hydrogens is 378 g/mol. The summed E-state index contributed by atoms with van der Waals surface area (Å²) in [7, 11) is 0. The fraction of sp³-hybridized carbons (Fsp3) is 0. The molecule has 2 heteroatoms. The van der Waals surface area contributed by atoms with E-state index in [9.17, 15) is 4.79 Å². The largest absolute Gasteiger partial charge is 0.276 e. The zero-order chi connectivity index (χ0) is 21.0. The zero-order valence-electron chi connectivity index (χ0n) is 17.0. The van der Waals surface area contributed by atoms with Crippen molar-refractivity contribution in [1.29, 1.82) is 0 Å². The van der Waals surface area contributed by atoms with Crippen LogP contribution in [0, 0.1) is 0 Å². The first-order valence-corrected chi connectivity index (χ1v) is 10.3. The predicted octanol–water partition coefficient (Wildman–Crippen LogP) is 7.49. The molecular formula is C29H21NO. The monoisotopic (exact) mass is 399 g/mol. The molecule has 2 nitrogen and oxygen atoms in total. The third-order valence-corrected chi connectivity index (χ3v) is 5.47. The predicted molar refractivity (Wildman–Crippen MR) is 129 cm³/mol. The lowest BCUT2D eigenvalue weighted by molar-refractivity contribution is 0.100. The Morgan fingerprint density at radius 3 is 1.97 bits per heavy atom. The second-order valence-electron chi connectivity index (χ2n) is 7.39. The van der Waals surface area contributed by atoms with Crippen LogP contribution in [0.1, 0.15) is 10.4 Å². The molecule has 5 rings (SSSR count). The standard InChI is InChI=1S/C29H21NO/c31-29(27-20-11-15-22-14-7-8-18-25(22)27)30(24-16-5-2-6-17-24)28-21-10-9-19-26(28)23-12-3-1-4-13-23/h1-21H. The van der Waals surface area contributed by atoms with Crippen molar-refractivity contribution in [2.24, 2.45) is 0 Å². The van der Waals surface area contributed by atoms with E-state index in [4.69, 9.17) is 0 Å². The number of amides is 1. The molecule has 0 heterocycles. The van der Waals surface area contributed by atoms with E-state index in [0.717, 1.165) is 33.3 Å². The summed E-state index contributed by atoms with van der Waals surface area (Å²) < 4.78 is 0. The summed E-state index contributed by atoms with van der Waals surface area (Å²) >= 11 is 0. The van der Waals surface area contributed by atoms with Gasteiger partial charge in [0, 0.05) is 16.8 Å². The van der Waals surface area contributed by atoms with Gasteiger partial charge in [0.15, 0.2) is 0 Å². The topological polar surface area (TPSA) is 20.3 Å². The Morgan fingerprint density at radius 2 is 1.16 bits per heavy atom. The lowest BCUT2D eigenvalue weighted by atomic mass is 10.00. The average Bonchev–Trinajstić information content (AvgIpc) is 2.85.